The molecule has 0 spiro atoms. The summed E-state index contributed by atoms with van der Waals surface area (Å²) in [7, 11) is 0. The smallest absolute Gasteiger partial charge is 0.253 e. The van der Waals surface area contributed by atoms with Crippen LogP contribution in [0.5, 0.6) is 0 Å². The highest BCUT2D eigenvalue weighted by Gasteiger charge is 2.14. The minimum absolute atomic E-state index is 0.173. The van der Waals surface area contributed by atoms with Crippen LogP contribution in [0.1, 0.15) is 29.1 Å². The van der Waals surface area contributed by atoms with Crippen molar-refractivity contribution in [3.8, 4) is 0 Å². The van der Waals surface area contributed by atoms with Crippen LogP contribution in [0.25, 0.3) is 0 Å². The summed E-state index contributed by atoms with van der Waals surface area (Å²) >= 11 is 11.5. The molecule has 2 rings (SSSR count). The first-order valence-electron chi connectivity index (χ1n) is 5.19. The molecule has 2 aromatic heterocycles. The maximum absolute atomic E-state index is 11.9. The van der Waals surface area contributed by atoms with Crippen LogP contribution in [0.3, 0.4) is 0 Å². The summed E-state index contributed by atoms with van der Waals surface area (Å²) in [6, 6.07) is 1.24. The quantitative estimate of drug-likeness (QED) is 0.851. The molecule has 7 heteroatoms. The molecule has 0 saturated carbocycles. The first-order valence-corrected chi connectivity index (χ1v) is 5.94. The lowest BCUT2D eigenvalue weighted by atomic mass is 10.2. The second kappa shape index (κ2) is 5.37. The fraction of sp³-hybridized carbons (Fsp3) is 0.182. The summed E-state index contributed by atoms with van der Waals surface area (Å²) in [6.07, 6.45) is 4.69. The van der Waals surface area contributed by atoms with E-state index >= 15 is 0 Å². The molecular formula is C11H10Cl2N4O. The Morgan fingerprint density at radius 2 is 2.22 bits per heavy atom. The lowest BCUT2D eigenvalue weighted by molar-refractivity contribution is 0.0938. The van der Waals surface area contributed by atoms with E-state index in [0.29, 0.717) is 11.4 Å². The third-order valence-corrected chi connectivity index (χ3v) is 3.02. The monoisotopic (exact) mass is 284 g/mol. The largest absolute Gasteiger partial charge is 0.347 e. The fourth-order valence-corrected chi connectivity index (χ4v) is 1.68. The number of nitrogens with zero attached hydrogens (tertiary/aromatic N) is 2. The molecule has 0 aliphatic heterocycles. The Labute approximate surface area is 114 Å². The molecule has 18 heavy (non-hydrogen) atoms. The lowest BCUT2D eigenvalue weighted by Crippen LogP contribution is -2.27. The molecular weight excluding hydrogens is 275 g/mol. The van der Waals surface area contributed by atoms with E-state index in [1.165, 1.54) is 12.3 Å². The highest BCUT2D eigenvalue weighted by molar-refractivity contribution is 6.41. The van der Waals surface area contributed by atoms with E-state index in [4.69, 9.17) is 23.2 Å². The minimum atomic E-state index is -0.287. The molecule has 1 unspecified atom stereocenters. The van der Waals surface area contributed by atoms with Crippen molar-refractivity contribution in [2.24, 2.45) is 0 Å². The van der Waals surface area contributed by atoms with Gasteiger partial charge < -0.3 is 10.3 Å². The first-order chi connectivity index (χ1) is 8.58. The van der Waals surface area contributed by atoms with Gasteiger partial charge in [0.25, 0.3) is 5.91 Å². The third kappa shape index (κ3) is 2.80. The molecule has 2 N–H and O–H groups in total. The zero-order valence-electron chi connectivity index (χ0n) is 9.45. The highest BCUT2D eigenvalue weighted by Crippen LogP contribution is 2.20. The number of carbonyl (C=O) groups excluding carboxylic acids is 1. The average Bonchev–Trinajstić information content (AvgIpc) is 2.86. The van der Waals surface area contributed by atoms with Crippen LogP contribution < -0.4 is 5.32 Å². The maximum Gasteiger partial charge on any atom is 0.253 e. The van der Waals surface area contributed by atoms with Crippen molar-refractivity contribution in [3.63, 3.8) is 0 Å². The van der Waals surface area contributed by atoms with E-state index in [1.807, 2.05) is 6.92 Å². The standard InChI is InChI=1S/C11H10Cl2N4O/c1-6(10-14-2-3-15-10)17-11(18)7-4-8(12)9(13)16-5-7/h2-6H,1H3,(H,14,15)(H,17,18). The van der Waals surface area contributed by atoms with Crippen LogP contribution in [0.2, 0.25) is 10.2 Å². The molecule has 2 heterocycles. The predicted molar refractivity (Wildman–Crippen MR) is 68.7 cm³/mol. The number of imidazole rings is 1. The first kappa shape index (κ1) is 12.9. The number of pyridine rings is 1. The maximum atomic E-state index is 11.9. The van der Waals surface area contributed by atoms with Crippen LogP contribution in [-0.4, -0.2) is 20.9 Å². The fourth-order valence-electron chi connectivity index (χ4n) is 1.41. The van der Waals surface area contributed by atoms with Gasteiger partial charge >= 0.3 is 0 Å². The molecule has 5 nitrogen and oxygen atoms in total. The Morgan fingerprint density at radius 3 is 2.83 bits per heavy atom. The van der Waals surface area contributed by atoms with E-state index in [-0.39, 0.29) is 22.1 Å². The summed E-state index contributed by atoms with van der Waals surface area (Å²) in [5, 5.41) is 3.19. The van der Waals surface area contributed by atoms with Gasteiger partial charge in [0.1, 0.15) is 11.0 Å². The Hall–Kier alpha value is -1.59. The highest BCUT2D eigenvalue weighted by atomic mass is 35.5. The number of aromatic nitrogens is 3. The number of carbonyl (C=O) groups is 1. The summed E-state index contributed by atoms with van der Waals surface area (Å²) in [6.45, 7) is 1.82. The van der Waals surface area contributed by atoms with Crippen LogP contribution >= 0.6 is 23.2 Å². The SMILES string of the molecule is CC(NC(=O)c1cnc(Cl)c(Cl)c1)c1ncc[nH]1. The summed E-state index contributed by atoms with van der Waals surface area (Å²) in [5.41, 5.74) is 0.350. The lowest BCUT2D eigenvalue weighted by Gasteiger charge is -2.11. The molecule has 2 aromatic rings. The van der Waals surface area contributed by atoms with E-state index in [0.717, 1.165) is 0 Å². The molecule has 0 aromatic carbocycles. The van der Waals surface area contributed by atoms with Gasteiger partial charge in [-0.15, -0.1) is 0 Å². The zero-order valence-corrected chi connectivity index (χ0v) is 11.0. The molecule has 0 bridgehead atoms. The van der Waals surface area contributed by atoms with Crippen molar-refractivity contribution in [1.82, 2.24) is 20.3 Å². The Balaban J connectivity index is 2.10. The number of amides is 1. The number of halogens is 2. The predicted octanol–water partition coefficient (Wildman–Crippen LogP) is 2.60. The van der Waals surface area contributed by atoms with E-state index in [2.05, 4.69) is 20.3 Å². The van der Waals surface area contributed by atoms with Crippen LogP contribution in [-0.2, 0) is 0 Å². The van der Waals surface area contributed by atoms with Gasteiger partial charge in [-0.1, -0.05) is 23.2 Å². The number of hydrogen-bond acceptors (Lipinski definition) is 3. The number of aromatic amines is 1. The molecule has 0 aliphatic carbocycles. The molecule has 0 saturated heterocycles. The van der Waals surface area contributed by atoms with Crippen LogP contribution in [0, 0.1) is 0 Å². The van der Waals surface area contributed by atoms with Crippen molar-refractivity contribution < 1.29 is 4.79 Å². The van der Waals surface area contributed by atoms with Crippen molar-refractivity contribution in [1.29, 1.82) is 0 Å². The Kier molecular flexibility index (Phi) is 3.84. The average molecular weight is 285 g/mol. The number of H-pyrrole nitrogens is 1. The molecule has 94 valence electrons. The van der Waals surface area contributed by atoms with Gasteiger partial charge in [0, 0.05) is 18.6 Å². The third-order valence-electron chi connectivity index (χ3n) is 2.34. The number of hydrogen-bond donors (Lipinski definition) is 2. The second-order valence-corrected chi connectivity index (χ2v) is 4.43. The van der Waals surface area contributed by atoms with Crippen LogP contribution in [0.4, 0.5) is 0 Å². The molecule has 1 amide bonds. The molecule has 0 aliphatic rings. The number of nitrogens with one attached hydrogen (secondary N) is 2. The summed E-state index contributed by atoms with van der Waals surface area (Å²) in [4.78, 5) is 22.7. The van der Waals surface area contributed by atoms with Crippen molar-refractivity contribution in [2.75, 3.05) is 0 Å². The van der Waals surface area contributed by atoms with Crippen molar-refractivity contribution in [3.05, 3.63) is 46.2 Å². The van der Waals surface area contributed by atoms with Gasteiger partial charge in [-0.05, 0) is 13.0 Å². The van der Waals surface area contributed by atoms with E-state index in [9.17, 15) is 4.79 Å². The van der Waals surface area contributed by atoms with Gasteiger partial charge in [0.05, 0.1) is 16.6 Å². The molecule has 0 fully saturated rings. The topological polar surface area (TPSA) is 70.7 Å². The Bertz CT molecular complexity index is 556. The van der Waals surface area contributed by atoms with E-state index < -0.39 is 0 Å². The molecule has 0 radical (unpaired) electrons. The molecule has 1 atom stereocenters. The Morgan fingerprint density at radius 1 is 1.44 bits per heavy atom. The number of rotatable bonds is 3. The van der Waals surface area contributed by atoms with Crippen molar-refractivity contribution >= 4 is 29.1 Å². The zero-order chi connectivity index (χ0) is 13.1. The minimum Gasteiger partial charge on any atom is -0.347 e. The second-order valence-electron chi connectivity index (χ2n) is 3.67. The van der Waals surface area contributed by atoms with Gasteiger partial charge in [-0.25, -0.2) is 9.97 Å². The van der Waals surface area contributed by atoms with E-state index in [1.54, 1.807) is 12.4 Å². The normalized spacial score (nSPS) is 12.2. The summed E-state index contributed by atoms with van der Waals surface area (Å²) < 4.78 is 0. The summed E-state index contributed by atoms with van der Waals surface area (Å²) in [5.74, 6) is 0.390. The van der Waals surface area contributed by atoms with Gasteiger partial charge in [0.2, 0.25) is 0 Å². The van der Waals surface area contributed by atoms with Crippen LogP contribution in [0.15, 0.2) is 24.7 Å². The van der Waals surface area contributed by atoms with Gasteiger partial charge in [-0.2, -0.15) is 0 Å². The van der Waals surface area contributed by atoms with Gasteiger partial charge in [0.15, 0.2) is 0 Å². The van der Waals surface area contributed by atoms with Crippen molar-refractivity contribution in [2.45, 2.75) is 13.0 Å². The van der Waals surface area contributed by atoms with Gasteiger partial charge in [-0.3, -0.25) is 4.79 Å².